The van der Waals surface area contributed by atoms with Crippen molar-refractivity contribution in [2.24, 2.45) is 0 Å². The standard InChI is InChI=1S/C48H56N2O2S3/c1-5-9-12-15-20-33-27-38(28-37(32-49)48(51)52)53-46(33)43-31-35(22-17-14-11-7-3)47(55-43)44-30-34(21-16-13-10-6-2)45(54-44)36-25-26-42-40(29-36)39-23-18-19-24-41(39)50(42)8-4/h18-19,23-31H,5-17,20-22H2,1-4H3,(H,51,52)/b37-28+. The van der Waals surface area contributed by atoms with Crippen LogP contribution in [0.5, 0.6) is 0 Å². The molecule has 4 aromatic heterocycles. The number of carbonyl (C=O) groups is 1. The number of aromatic nitrogens is 1. The van der Waals surface area contributed by atoms with E-state index in [-0.39, 0.29) is 5.57 Å². The van der Waals surface area contributed by atoms with Crippen LogP contribution in [0.15, 0.2) is 66.2 Å². The van der Waals surface area contributed by atoms with E-state index in [2.05, 4.69) is 92.9 Å². The number of aliphatic carboxylic acids is 1. The number of nitrogens with zero attached hydrogens (tertiary/aromatic N) is 2. The number of para-hydroxylation sites is 1. The van der Waals surface area contributed by atoms with E-state index in [0.29, 0.717) is 0 Å². The first kappa shape index (κ1) is 40.7. The maximum absolute atomic E-state index is 11.8. The smallest absolute Gasteiger partial charge is 0.346 e. The quantitative estimate of drug-likeness (QED) is 0.0449. The summed E-state index contributed by atoms with van der Waals surface area (Å²) in [4.78, 5) is 19.2. The van der Waals surface area contributed by atoms with Crippen LogP contribution in [-0.4, -0.2) is 15.6 Å². The number of unbranched alkanes of at least 4 members (excludes halogenated alkanes) is 9. The van der Waals surface area contributed by atoms with Gasteiger partial charge in [-0.1, -0.05) is 103 Å². The van der Waals surface area contributed by atoms with E-state index in [0.717, 1.165) is 37.1 Å². The van der Waals surface area contributed by atoms with Crippen LogP contribution in [0, 0.1) is 11.3 Å². The maximum atomic E-state index is 11.8. The molecule has 0 saturated heterocycles. The summed E-state index contributed by atoms with van der Waals surface area (Å²) in [6.07, 6.45) is 19.1. The molecule has 7 heteroatoms. The first-order valence-corrected chi connectivity index (χ1v) is 23.1. The van der Waals surface area contributed by atoms with Crippen molar-refractivity contribution in [1.29, 1.82) is 5.26 Å². The molecule has 288 valence electrons. The zero-order chi connectivity index (χ0) is 38.7. The molecule has 0 fully saturated rings. The molecule has 6 rings (SSSR count). The lowest BCUT2D eigenvalue weighted by molar-refractivity contribution is -0.132. The minimum absolute atomic E-state index is 0.219. The largest absolute Gasteiger partial charge is 0.477 e. The third-order valence-corrected chi connectivity index (χ3v) is 14.7. The Balaban J connectivity index is 1.46. The first-order valence-electron chi connectivity index (χ1n) is 20.7. The SMILES string of the molecule is CCCCCCc1cc(-c2sc(-c3sc(/C=C(\C#N)C(=O)O)cc3CCCCCC)cc2CCCCCC)sc1-c1ccc2c(c1)c1ccccc1n2CC. The number of rotatable bonds is 21. The molecule has 4 heterocycles. The van der Waals surface area contributed by atoms with E-state index in [1.165, 1.54) is 139 Å². The topological polar surface area (TPSA) is 66.0 Å². The zero-order valence-electron chi connectivity index (χ0n) is 33.1. The van der Waals surface area contributed by atoms with Crippen LogP contribution >= 0.6 is 34.0 Å². The monoisotopic (exact) mass is 788 g/mol. The highest BCUT2D eigenvalue weighted by atomic mass is 32.1. The van der Waals surface area contributed by atoms with Crippen molar-refractivity contribution in [2.45, 2.75) is 131 Å². The lowest BCUT2D eigenvalue weighted by Gasteiger charge is -2.06. The third kappa shape index (κ3) is 9.54. The Bertz CT molecular complexity index is 2290. The fraction of sp³-hybridized carbons (Fsp3) is 0.417. The number of carboxylic acid groups (broad SMARTS) is 1. The van der Waals surface area contributed by atoms with Crippen molar-refractivity contribution in [3.8, 4) is 36.0 Å². The van der Waals surface area contributed by atoms with Gasteiger partial charge in [-0.2, -0.15) is 5.26 Å². The van der Waals surface area contributed by atoms with Crippen molar-refractivity contribution in [3.05, 3.63) is 87.8 Å². The van der Waals surface area contributed by atoms with Gasteiger partial charge in [-0.05, 0) is 110 Å². The maximum Gasteiger partial charge on any atom is 0.346 e. The van der Waals surface area contributed by atoms with Crippen LogP contribution in [0.3, 0.4) is 0 Å². The Labute approximate surface area is 340 Å². The second kappa shape index (κ2) is 19.8. The van der Waals surface area contributed by atoms with Gasteiger partial charge in [-0.3, -0.25) is 0 Å². The highest BCUT2D eigenvalue weighted by Gasteiger charge is 2.22. The van der Waals surface area contributed by atoms with Crippen LogP contribution < -0.4 is 0 Å². The van der Waals surface area contributed by atoms with E-state index in [9.17, 15) is 15.2 Å². The van der Waals surface area contributed by atoms with Gasteiger partial charge in [0.1, 0.15) is 11.6 Å². The number of nitriles is 1. The molecule has 0 unspecified atom stereocenters. The van der Waals surface area contributed by atoms with E-state index in [1.54, 1.807) is 17.4 Å². The minimum Gasteiger partial charge on any atom is -0.477 e. The number of aryl methyl sites for hydroxylation is 4. The number of carboxylic acids is 1. The molecule has 0 aliphatic rings. The number of hydrogen-bond donors (Lipinski definition) is 1. The average Bonchev–Trinajstić information content (AvgIpc) is 3.98. The van der Waals surface area contributed by atoms with Crippen molar-refractivity contribution in [1.82, 2.24) is 4.57 Å². The van der Waals surface area contributed by atoms with E-state index >= 15 is 0 Å². The Hall–Kier alpha value is -3.96. The number of fused-ring (bicyclic) bond motifs is 3. The molecule has 6 aromatic rings. The second-order valence-electron chi connectivity index (χ2n) is 14.8. The first-order chi connectivity index (χ1) is 26.9. The van der Waals surface area contributed by atoms with Crippen molar-refractivity contribution in [3.63, 3.8) is 0 Å². The van der Waals surface area contributed by atoms with Gasteiger partial charge in [0.2, 0.25) is 0 Å². The predicted molar refractivity (Wildman–Crippen MR) is 240 cm³/mol. The summed E-state index contributed by atoms with van der Waals surface area (Å²) in [5.74, 6) is -1.18. The third-order valence-electron chi connectivity index (χ3n) is 10.8. The van der Waals surface area contributed by atoms with Crippen LogP contribution in [0.1, 0.15) is 126 Å². The zero-order valence-corrected chi connectivity index (χ0v) is 35.6. The highest BCUT2D eigenvalue weighted by molar-refractivity contribution is 7.27. The summed E-state index contributed by atoms with van der Waals surface area (Å²) in [5, 5.41) is 21.8. The fourth-order valence-corrected chi connectivity index (χ4v) is 11.7. The molecule has 0 radical (unpaired) electrons. The summed E-state index contributed by atoms with van der Waals surface area (Å²) < 4.78 is 2.44. The molecule has 55 heavy (non-hydrogen) atoms. The van der Waals surface area contributed by atoms with E-state index in [1.807, 2.05) is 28.7 Å². The summed E-state index contributed by atoms with van der Waals surface area (Å²) in [6, 6.07) is 24.9. The molecule has 0 aliphatic carbocycles. The molecule has 0 aliphatic heterocycles. The molecule has 0 spiro atoms. The fourth-order valence-electron chi connectivity index (χ4n) is 7.87. The van der Waals surface area contributed by atoms with Crippen LogP contribution in [0.25, 0.3) is 57.8 Å². The molecule has 0 saturated carbocycles. The molecule has 0 atom stereocenters. The second-order valence-corrected chi connectivity index (χ2v) is 18.0. The summed E-state index contributed by atoms with van der Waals surface area (Å²) >= 11 is 5.50. The van der Waals surface area contributed by atoms with Gasteiger partial charge in [0.25, 0.3) is 0 Å². The Morgan fingerprint density at radius 2 is 1.20 bits per heavy atom. The Morgan fingerprint density at radius 3 is 1.78 bits per heavy atom. The van der Waals surface area contributed by atoms with Gasteiger partial charge in [0, 0.05) is 57.6 Å². The van der Waals surface area contributed by atoms with Crippen LogP contribution in [-0.2, 0) is 30.6 Å². The number of thiophene rings is 3. The minimum atomic E-state index is -1.18. The van der Waals surface area contributed by atoms with Gasteiger partial charge < -0.3 is 9.67 Å². The van der Waals surface area contributed by atoms with Gasteiger partial charge in [-0.15, -0.1) is 34.0 Å². The van der Waals surface area contributed by atoms with E-state index < -0.39 is 5.97 Å². The van der Waals surface area contributed by atoms with E-state index in [4.69, 9.17) is 0 Å². The van der Waals surface area contributed by atoms with Crippen molar-refractivity contribution >= 4 is 67.9 Å². The molecule has 4 nitrogen and oxygen atoms in total. The molecular weight excluding hydrogens is 733 g/mol. The van der Waals surface area contributed by atoms with Gasteiger partial charge in [-0.25, -0.2) is 4.79 Å². The van der Waals surface area contributed by atoms with Crippen molar-refractivity contribution in [2.75, 3.05) is 0 Å². The summed E-state index contributed by atoms with van der Waals surface area (Å²) in [5.41, 5.74) is 7.84. The molecule has 0 bridgehead atoms. The van der Waals surface area contributed by atoms with Gasteiger partial charge in [0.05, 0.1) is 0 Å². The number of hydrogen-bond acceptors (Lipinski definition) is 5. The summed E-state index contributed by atoms with van der Waals surface area (Å²) in [7, 11) is 0. The van der Waals surface area contributed by atoms with Crippen LogP contribution in [0.2, 0.25) is 0 Å². The lowest BCUT2D eigenvalue weighted by atomic mass is 10.0. The lowest BCUT2D eigenvalue weighted by Crippen LogP contribution is -1.96. The van der Waals surface area contributed by atoms with Gasteiger partial charge >= 0.3 is 5.97 Å². The molecular formula is C48H56N2O2S3. The van der Waals surface area contributed by atoms with Gasteiger partial charge in [0.15, 0.2) is 0 Å². The normalized spacial score (nSPS) is 11.9. The molecule has 2 aromatic carbocycles. The number of benzene rings is 2. The van der Waals surface area contributed by atoms with Crippen LogP contribution in [0.4, 0.5) is 0 Å². The Morgan fingerprint density at radius 1 is 0.655 bits per heavy atom. The summed E-state index contributed by atoms with van der Waals surface area (Å²) in [6.45, 7) is 9.97. The Kier molecular flexibility index (Phi) is 14.6. The average molecular weight is 789 g/mol. The predicted octanol–water partition coefficient (Wildman–Crippen LogP) is 15.4. The highest BCUT2D eigenvalue weighted by Crippen LogP contribution is 2.48. The molecule has 1 N–H and O–H groups in total. The van der Waals surface area contributed by atoms with Crippen molar-refractivity contribution < 1.29 is 9.90 Å². The molecule has 0 amide bonds.